The number of aromatic hydroxyl groups is 1. The van der Waals surface area contributed by atoms with Crippen LogP contribution in [0.3, 0.4) is 0 Å². The van der Waals surface area contributed by atoms with Crippen LogP contribution in [0.25, 0.3) is 10.8 Å². The molecule has 5 nitrogen and oxygen atoms in total. The zero-order valence-electron chi connectivity index (χ0n) is 8.49. The van der Waals surface area contributed by atoms with E-state index < -0.39 is 15.0 Å². The van der Waals surface area contributed by atoms with Crippen molar-refractivity contribution < 1.29 is 22.9 Å². The first kappa shape index (κ1) is 11.6. The minimum atomic E-state index is -4.45. The number of hydrogen-bond acceptors (Lipinski definition) is 4. The summed E-state index contributed by atoms with van der Waals surface area (Å²) in [6.07, 6.45) is 0.570. The van der Waals surface area contributed by atoms with Crippen molar-refractivity contribution in [3.8, 4) is 5.75 Å². The van der Waals surface area contributed by atoms with Crippen molar-refractivity contribution in [1.82, 2.24) is 0 Å². The van der Waals surface area contributed by atoms with Crippen LogP contribution in [0.4, 0.5) is 0 Å². The highest BCUT2D eigenvalue weighted by atomic mass is 32.2. The summed E-state index contributed by atoms with van der Waals surface area (Å²) in [5.41, 5.74) is 0.285. The topological polar surface area (TPSA) is 91.7 Å². The maximum atomic E-state index is 11.2. The van der Waals surface area contributed by atoms with Gasteiger partial charge in [-0.15, -0.1) is 0 Å². The lowest BCUT2D eigenvalue weighted by atomic mass is 10.1. The number of hydrogen-bond donors (Lipinski definition) is 2. The van der Waals surface area contributed by atoms with Crippen LogP contribution in [0.15, 0.2) is 35.2 Å². The Labute approximate surface area is 97.1 Å². The van der Waals surface area contributed by atoms with Crippen LogP contribution >= 0.6 is 0 Å². The van der Waals surface area contributed by atoms with E-state index in [0.717, 1.165) is 6.07 Å². The Morgan fingerprint density at radius 1 is 1.12 bits per heavy atom. The molecule has 17 heavy (non-hydrogen) atoms. The average Bonchev–Trinajstić information content (AvgIpc) is 2.26. The van der Waals surface area contributed by atoms with Crippen LogP contribution in [0.1, 0.15) is 10.4 Å². The van der Waals surface area contributed by atoms with Crippen LogP contribution in [-0.4, -0.2) is 24.4 Å². The smallest absolute Gasteiger partial charge is 0.295 e. The lowest BCUT2D eigenvalue weighted by Gasteiger charge is -2.05. The Morgan fingerprint density at radius 3 is 2.41 bits per heavy atom. The van der Waals surface area contributed by atoms with Gasteiger partial charge < -0.3 is 5.11 Å². The van der Waals surface area contributed by atoms with Gasteiger partial charge in [0.1, 0.15) is 16.9 Å². The van der Waals surface area contributed by atoms with Crippen molar-refractivity contribution >= 4 is 27.2 Å². The molecule has 0 amide bonds. The van der Waals surface area contributed by atoms with Gasteiger partial charge in [0.25, 0.3) is 10.1 Å². The lowest BCUT2D eigenvalue weighted by Crippen LogP contribution is -1.99. The maximum absolute atomic E-state index is 11.2. The number of carbonyl (C=O) groups excluding carboxylic acids is 1. The molecule has 0 saturated heterocycles. The first-order valence-corrected chi connectivity index (χ1v) is 6.05. The predicted molar refractivity (Wildman–Crippen MR) is 60.8 cm³/mol. The fourth-order valence-electron chi connectivity index (χ4n) is 1.61. The molecule has 0 aliphatic heterocycles. The Bertz CT molecular complexity index is 703. The number of carbonyl (C=O) groups is 1. The number of phenolic OH excluding ortho intramolecular Hbond substituents is 1. The molecule has 2 rings (SSSR count). The minimum Gasteiger partial charge on any atom is -0.508 e. The summed E-state index contributed by atoms with van der Waals surface area (Å²) in [6.45, 7) is 0. The van der Waals surface area contributed by atoms with Crippen LogP contribution in [-0.2, 0) is 10.1 Å². The first-order valence-electron chi connectivity index (χ1n) is 4.61. The van der Waals surface area contributed by atoms with Crippen molar-refractivity contribution in [2.75, 3.05) is 0 Å². The molecular weight excluding hydrogens is 244 g/mol. The molecule has 0 fully saturated rings. The first-order chi connectivity index (χ1) is 7.91. The van der Waals surface area contributed by atoms with Crippen molar-refractivity contribution in [2.24, 2.45) is 0 Å². The molecule has 0 saturated carbocycles. The Morgan fingerprint density at radius 2 is 1.82 bits per heavy atom. The molecule has 0 radical (unpaired) electrons. The molecule has 0 aromatic heterocycles. The molecule has 0 bridgehead atoms. The number of benzene rings is 2. The molecule has 0 aliphatic carbocycles. The van der Waals surface area contributed by atoms with E-state index in [2.05, 4.69) is 0 Å². The Hall–Kier alpha value is -1.92. The van der Waals surface area contributed by atoms with E-state index in [9.17, 15) is 18.3 Å². The van der Waals surface area contributed by atoms with Gasteiger partial charge in [0.15, 0.2) is 0 Å². The van der Waals surface area contributed by atoms with Gasteiger partial charge in [-0.25, -0.2) is 0 Å². The second-order valence-corrected chi connectivity index (χ2v) is 4.91. The molecule has 0 aliphatic rings. The summed E-state index contributed by atoms with van der Waals surface area (Å²) in [4.78, 5) is 10.2. The molecular formula is C11H8O5S. The third-order valence-electron chi connectivity index (χ3n) is 2.34. The van der Waals surface area contributed by atoms with Gasteiger partial charge in [-0.3, -0.25) is 9.35 Å². The highest BCUT2D eigenvalue weighted by Gasteiger charge is 2.15. The molecule has 88 valence electrons. The number of fused-ring (bicyclic) bond motifs is 1. The van der Waals surface area contributed by atoms with E-state index in [-0.39, 0.29) is 16.7 Å². The van der Waals surface area contributed by atoms with Crippen molar-refractivity contribution in [3.63, 3.8) is 0 Å². The van der Waals surface area contributed by atoms with Crippen LogP contribution in [0.2, 0.25) is 0 Å². The Balaban J connectivity index is 2.94. The second-order valence-electron chi connectivity index (χ2n) is 3.52. The van der Waals surface area contributed by atoms with Crippen LogP contribution < -0.4 is 0 Å². The highest BCUT2D eigenvalue weighted by molar-refractivity contribution is 7.86. The third-order valence-corrected chi connectivity index (χ3v) is 3.23. The summed E-state index contributed by atoms with van der Waals surface area (Å²) in [5.74, 6) is -0.274. The summed E-state index contributed by atoms with van der Waals surface area (Å²) in [5, 5.41) is 9.97. The van der Waals surface area contributed by atoms with E-state index in [4.69, 9.17) is 4.55 Å². The fourth-order valence-corrected chi connectivity index (χ4v) is 2.34. The zero-order valence-corrected chi connectivity index (χ0v) is 9.31. The largest absolute Gasteiger partial charge is 0.508 e. The van der Waals surface area contributed by atoms with Gasteiger partial charge in [-0.05, 0) is 17.5 Å². The normalized spacial score (nSPS) is 11.6. The SMILES string of the molecule is O=Cc1ccc2cc(O)cc(S(=O)(=O)O)c2c1. The molecule has 6 heteroatoms. The quantitative estimate of drug-likeness (QED) is 0.625. The van der Waals surface area contributed by atoms with Gasteiger partial charge in [-0.1, -0.05) is 12.1 Å². The predicted octanol–water partition coefficient (Wildman–Crippen LogP) is 1.60. The minimum absolute atomic E-state index is 0.190. The van der Waals surface area contributed by atoms with E-state index in [0.29, 0.717) is 11.7 Å². The van der Waals surface area contributed by atoms with Crippen molar-refractivity contribution in [2.45, 2.75) is 4.90 Å². The lowest BCUT2D eigenvalue weighted by molar-refractivity contribution is 0.112. The van der Waals surface area contributed by atoms with Gasteiger partial charge >= 0.3 is 0 Å². The fraction of sp³-hybridized carbons (Fsp3) is 0. The van der Waals surface area contributed by atoms with Gasteiger partial charge in [0.2, 0.25) is 0 Å². The van der Waals surface area contributed by atoms with Crippen molar-refractivity contribution in [1.29, 1.82) is 0 Å². The average molecular weight is 252 g/mol. The molecule has 0 heterocycles. The van der Waals surface area contributed by atoms with E-state index in [1.54, 1.807) is 0 Å². The number of aldehydes is 1. The van der Waals surface area contributed by atoms with Gasteiger partial charge in [0, 0.05) is 17.0 Å². The summed E-state index contributed by atoms with van der Waals surface area (Å²) in [7, 11) is -4.45. The molecule has 0 spiro atoms. The van der Waals surface area contributed by atoms with Crippen LogP contribution in [0.5, 0.6) is 5.75 Å². The summed E-state index contributed by atoms with van der Waals surface area (Å²) in [6, 6.07) is 6.60. The molecule has 0 unspecified atom stereocenters. The molecule has 2 N–H and O–H groups in total. The summed E-state index contributed by atoms with van der Waals surface area (Å²) < 4.78 is 31.4. The van der Waals surface area contributed by atoms with Gasteiger partial charge in [-0.2, -0.15) is 8.42 Å². The van der Waals surface area contributed by atoms with Crippen molar-refractivity contribution in [3.05, 3.63) is 35.9 Å². The maximum Gasteiger partial charge on any atom is 0.295 e. The third kappa shape index (κ3) is 2.13. The van der Waals surface area contributed by atoms with Gasteiger partial charge in [0.05, 0.1) is 0 Å². The number of rotatable bonds is 2. The molecule has 0 atom stereocenters. The monoisotopic (exact) mass is 252 g/mol. The number of phenols is 1. The van der Waals surface area contributed by atoms with Crippen LogP contribution in [0, 0.1) is 0 Å². The standard InChI is InChI=1S/C11H8O5S/c12-6-7-1-2-8-4-9(13)5-11(10(8)3-7)17(14,15)16/h1-6,13H,(H,14,15,16). The molecule has 2 aromatic carbocycles. The zero-order chi connectivity index (χ0) is 12.6. The Kier molecular flexibility index (Phi) is 2.60. The molecule has 2 aromatic rings. The van der Waals surface area contributed by atoms with E-state index >= 15 is 0 Å². The second kappa shape index (κ2) is 3.83. The van der Waals surface area contributed by atoms with E-state index in [1.807, 2.05) is 0 Å². The summed E-state index contributed by atoms with van der Waals surface area (Å²) >= 11 is 0. The van der Waals surface area contributed by atoms with E-state index in [1.165, 1.54) is 24.3 Å². The highest BCUT2D eigenvalue weighted by Crippen LogP contribution is 2.28.